The smallest absolute Gasteiger partial charge is 0.0626 e. The third kappa shape index (κ3) is 6.17. The van der Waals surface area contributed by atoms with Gasteiger partial charge in [0.25, 0.3) is 0 Å². The molecule has 0 N–H and O–H groups in total. The van der Waals surface area contributed by atoms with E-state index in [9.17, 15) is 0 Å². The van der Waals surface area contributed by atoms with Crippen molar-refractivity contribution in [3.05, 3.63) is 0 Å². The van der Waals surface area contributed by atoms with Crippen LogP contribution < -0.4 is 0 Å². The molecule has 1 heteroatoms. The van der Waals surface area contributed by atoms with E-state index in [4.69, 9.17) is 0 Å². The molecule has 0 radical (unpaired) electrons. The summed E-state index contributed by atoms with van der Waals surface area (Å²) in [6, 6.07) is 0. The summed E-state index contributed by atoms with van der Waals surface area (Å²) in [7, 11) is 0.117. The van der Waals surface area contributed by atoms with Gasteiger partial charge in [0.05, 0.1) is 20.5 Å². The van der Waals surface area contributed by atoms with Gasteiger partial charge in [-0.05, 0) is 12.3 Å². The zero-order valence-corrected chi connectivity index (χ0v) is 7.04. The minimum atomic E-state index is 0.117. The maximum absolute atomic E-state index is 3.98. The Morgan fingerprint density at radius 3 is 2.12 bits per heavy atom. The highest BCUT2D eigenvalue weighted by Crippen LogP contribution is 2.16. The van der Waals surface area contributed by atoms with Crippen LogP contribution in [0.3, 0.4) is 0 Å². The summed E-state index contributed by atoms with van der Waals surface area (Å²) >= 11 is 0. The monoisotopic (exact) mass is 131 g/mol. The van der Waals surface area contributed by atoms with Crippen molar-refractivity contribution in [1.29, 1.82) is 0 Å². The summed E-state index contributed by atoms with van der Waals surface area (Å²) in [4.78, 5) is 0. The summed E-state index contributed by atoms with van der Waals surface area (Å²) in [5.74, 6) is 0.863. The second kappa shape index (κ2) is 4.09. The summed E-state index contributed by atoms with van der Waals surface area (Å²) < 4.78 is 0. The molecule has 0 aromatic heterocycles. The molecule has 0 aromatic carbocycles. The highest BCUT2D eigenvalue weighted by molar-refractivity contribution is 7.54. The fourth-order valence-corrected chi connectivity index (χ4v) is 1.44. The first-order chi connectivity index (χ1) is 3.63. The standard InChI is InChI=1S/C7H16P/c1-7(2)5-6-8(3)4/h7H,3,5-6H2,1-2,4H3/q+1. The Morgan fingerprint density at radius 1 is 1.50 bits per heavy atom. The molecule has 1 unspecified atom stereocenters. The van der Waals surface area contributed by atoms with Gasteiger partial charge in [-0.2, -0.15) is 0 Å². The first-order valence-electron chi connectivity index (χ1n) is 3.14. The third-order valence-electron chi connectivity index (χ3n) is 1.09. The second-order valence-electron chi connectivity index (χ2n) is 2.76. The van der Waals surface area contributed by atoms with Crippen LogP contribution in [0.25, 0.3) is 0 Å². The van der Waals surface area contributed by atoms with Gasteiger partial charge in [-0.15, -0.1) is 0 Å². The number of hydrogen-bond acceptors (Lipinski definition) is 0. The molecule has 0 saturated carbocycles. The van der Waals surface area contributed by atoms with Crippen LogP contribution in [0.2, 0.25) is 0 Å². The summed E-state index contributed by atoms with van der Waals surface area (Å²) in [6.45, 7) is 6.76. The quantitative estimate of drug-likeness (QED) is 0.516. The van der Waals surface area contributed by atoms with Crippen molar-refractivity contribution < 1.29 is 0 Å². The van der Waals surface area contributed by atoms with E-state index in [1.165, 1.54) is 12.6 Å². The SMILES string of the molecule is C=[P+](C)CCC(C)C. The molecule has 0 aliphatic rings. The Bertz CT molecular complexity index is 74.5. The van der Waals surface area contributed by atoms with Gasteiger partial charge in [0, 0.05) is 0 Å². The van der Waals surface area contributed by atoms with Crippen molar-refractivity contribution in [3.63, 3.8) is 0 Å². The molecule has 0 bridgehead atoms. The fraction of sp³-hybridized carbons (Fsp3) is 0.857. The van der Waals surface area contributed by atoms with Crippen molar-refractivity contribution in [2.24, 2.45) is 5.92 Å². The average Bonchev–Trinajstić information content (AvgIpc) is 1.61. The predicted molar refractivity (Wildman–Crippen MR) is 44.3 cm³/mol. The molecule has 0 saturated heterocycles. The fourth-order valence-electron chi connectivity index (χ4n) is 0.479. The molecule has 0 nitrogen and oxygen atoms in total. The highest BCUT2D eigenvalue weighted by Gasteiger charge is 1.98. The summed E-state index contributed by atoms with van der Waals surface area (Å²) in [6.07, 6.45) is 6.67. The lowest BCUT2D eigenvalue weighted by Gasteiger charge is -1.95. The highest BCUT2D eigenvalue weighted by atomic mass is 31.1. The van der Waals surface area contributed by atoms with Crippen molar-refractivity contribution in [1.82, 2.24) is 0 Å². The van der Waals surface area contributed by atoms with E-state index in [0.29, 0.717) is 0 Å². The minimum Gasteiger partial charge on any atom is -0.0626 e. The molecule has 0 aliphatic heterocycles. The Labute approximate surface area is 53.7 Å². The molecule has 0 rings (SSSR count). The largest absolute Gasteiger partial charge is 0.106 e. The van der Waals surface area contributed by atoms with E-state index in [1.54, 1.807) is 0 Å². The van der Waals surface area contributed by atoms with Crippen LogP contribution in [0.1, 0.15) is 20.3 Å². The van der Waals surface area contributed by atoms with Gasteiger partial charge in [-0.3, -0.25) is 0 Å². The zero-order chi connectivity index (χ0) is 6.57. The van der Waals surface area contributed by atoms with E-state index in [0.717, 1.165) is 5.92 Å². The maximum atomic E-state index is 3.98. The Hall–Kier alpha value is 0.170. The molecule has 0 heterocycles. The average molecular weight is 131 g/mol. The van der Waals surface area contributed by atoms with Crippen LogP contribution in [0.4, 0.5) is 0 Å². The zero-order valence-electron chi connectivity index (χ0n) is 6.15. The lowest BCUT2D eigenvalue weighted by atomic mass is 10.2. The molecular formula is C7H16P+. The van der Waals surface area contributed by atoms with E-state index in [1.807, 2.05) is 0 Å². The molecule has 0 aromatic rings. The predicted octanol–water partition coefficient (Wildman–Crippen LogP) is 2.58. The molecule has 48 valence electrons. The molecule has 0 fully saturated rings. The maximum Gasteiger partial charge on any atom is 0.106 e. The van der Waals surface area contributed by atoms with Crippen LogP contribution in [0.5, 0.6) is 0 Å². The van der Waals surface area contributed by atoms with Gasteiger partial charge in [-0.1, -0.05) is 13.8 Å². The van der Waals surface area contributed by atoms with Crippen molar-refractivity contribution in [2.45, 2.75) is 20.3 Å². The molecule has 0 aliphatic carbocycles. The molecule has 0 spiro atoms. The van der Waals surface area contributed by atoms with Gasteiger partial charge < -0.3 is 0 Å². The Morgan fingerprint density at radius 2 is 2.00 bits per heavy atom. The van der Waals surface area contributed by atoms with Crippen molar-refractivity contribution >= 4 is 13.8 Å². The van der Waals surface area contributed by atoms with E-state index < -0.39 is 0 Å². The first kappa shape index (κ1) is 8.17. The minimum absolute atomic E-state index is 0.117. The van der Waals surface area contributed by atoms with E-state index >= 15 is 0 Å². The molecule has 8 heavy (non-hydrogen) atoms. The van der Waals surface area contributed by atoms with E-state index in [-0.39, 0.29) is 7.55 Å². The van der Waals surface area contributed by atoms with Crippen LogP contribution in [0.15, 0.2) is 0 Å². The van der Waals surface area contributed by atoms with Crippen molar-refractivity contribution in [2.75, 3.05) is 12.8 Å². The van der Waals surface area contributed by atoms with Crippen LogP contribution in [-0.4, -0.2) is 19.1 Å². The normalized spacial score (nSPS) is 12.2. The van der Waals surface area contributed by atoms with Crippen LogP contribution >= 0.6 is 7.55 Å². The van der Waals surface area contributed by atoms with Gasteiger partial charge in [0.2, 0.25) is 0 Å². The lowest BCUT2D eigenvalue weighted by Crippen LogP contribution is -1.87. The van der Waals surface area contributed by atoms with Gasteiger partial charge >= 0.3 is 0 Å². The lowest BCUT2D eigenvalue weighted by molar-refractivity contribution is 0.631. The number of hydrogen-bond donors (Lipinski definition) is 0. The summed E-state index contributed by atoms with van der Waals surface area (Å²) in [5, 5.41) is 0. The third-order valence-corrected chi connectivity index (χ3v) is 2.11. The van der Waals surface area contributed by atoms with Gasteiger partial charge in [0.1, 0.15) is 6.16 Å². The van der Waals surface area contributed by atoms with Gasteiger partial charge in [-0.25, -0.2) is 0 Å². The van der Waals surface area contributed by atoms with Crippen LogP contribution in [0, 0.1) is 5.92 Å². The summed E-state index contributed by atoms with van der Waals surface area (Å²) in [5.41, 5.74) is 0. The second-order valence-corrected chi connectivity index (χ2v) is 4.92. The topological polar surface area (TPSA) is 0 Å². The molecule has 1 atom stereocenters. The number of rotatable bonds is 3. The van der Waals surface area contributed by atoms with Crippen LogP contribution in [-0.2, 0) is 0 Å². The van der Waals surface area contributed by atoms with Crippen molar-refractivity contribution in [3.8, 4) is 0 Å². The first-order valence-corrected chi connectivity index (χ1v) is 5.30. The van der Waals surface area contributed by atoms with E-state index in [2.05, 4.69) is 26.8 Å². The Kier molecular flexibility index (Phi) is 4.18. The Balaban J connectivity index is 3.05. The molecule has 0 amide bonds. The van der Waals surface area contributed by atoms with Gasteiger partial charge in [0.15, 0.2) is 0 Å². The molecular weight excluding hydrogens is 115 g/mol.